The van der Waals surface area contributed by atoms with Crippen molar-refractivity contribution in [1.82, 2.24) is 0 Å². The van der Waals surface area contributed by atoms with E-state index in [9.17, 15) is 9.90 Å². The van der Waals surface area contributed by atoms with Crippen LogP contribution in [0.1, 0.15) is 17.3 Å². The van der Waals surface area contributed by atoms with Gasteiger partial charge in [-0.2, -0.15) is 5.11 Å². The number of ketones is 1. The van der Waals surface area contributed by atoms with Gasteiger partial charge in [-0.3, -0.25) is 4.79 Å². The smallest absolute Gasteiger partial charge is 0.163 e. The maximum absolute atomic E-state index is 11.3. The fourth-order valence-corrected chi connectivity index (χ4v) is 1.88. The first-order chi connectivity index (χ1) is 9.08. The molecule has 0 radical (unpaired) electrons. The van der Waals surface area contributed by atoms with Crippen molar-refractivity contribution < 1.29 is 9.90 Å². The van der Waals surface area contributed by atoms with Gasteiger partial charge in [0.1, 0.15) is 5.75 Å². The molecule has 0 unspecified atom stereocenters. The number of benzene rings is 2. The number of carbonyl (C=O) groups is 1. The highest BCUT2D eigenvalue weighted by Crippen LogP contribution is 2.28. The Labute approximate surface area is 118 Å². The normalized spacial score (nSPS) is 10.8. The lowest BCUT2D eigenvalue weighted by Gasteiger charge is -2.01. The molecule has 2 rings (SSSR count). The van der Waals surface area contributed by atoms with Gasteiger partial charge in [0.05, 0.1) is 16.9 Å². The van der Waals surface area contributed by atoms with E-state index < -0.39 is 0 Å². The van der Waals surface area contributed by atoms with Gasteiger partial charge in [0.25, 0.3) is 0 Å². The lowest BCUT2D eigenvalue weighted by molar-refractivity contribution is 0.101. The number of nitrogens with zero attached hydrogens (tertiary/aromatic N) is 2. The molecule has 0 atom stereocenters. The Morgan fingerprint density at radius 2 is 1.89 bits per heavy atom. The Kier molecular flexibility index (Phi) is 4.06. The Bertz CT molecular complexity index is 654. The highest BCUT2D eigenvalue weighted by molar-refractivity contribution is 9.10. The van der Waals surface area contributed by atoms with E-state index in [0.717, 1.165) is 4.47 Å². The van der Waals surface area contributed by atoms with E-state index >= 15 is 0 Å². The van der Waals surface area contributed by atoms with Crippen molar-refractivity contribution in [2.75, 3.05) is 0 Å². The molecule has 0 saturated carbocycles. The van der Waals surface area contributed by atoms with Crippen LogP contribution in [0.4, 0.5) is 11.4 Å². The summed E-state index contributed by atoms with van der Waals surface area (Å²) in [5, 5.41) is 17.7. The summed E-state index contributed by atoms with van der Waals surface area (Å²) in [7, 11) is 0. The second-order valence-electron chi connectivity index (χ2n) is 3.91. The lowest BCUT2D eigenvalue weighted by atomic mass is 10.1. The topological polar surface area (TPSA) is 62.0 Å². The fraction of sp³-hybridized carbons (Fsp3) is 0.0714. The van der Waals surface area contributed by atoms with Gasteiger partial charge in [-0.25, -0.2) is 0 Å². The number of halogens is 1. The maximum Gasteiger partial charge on any atom is 0.163 e. The van der Waals surface area contributed by atoms with Crippen molar-refractivity contribution in [1.29, 1.82) is 0 Å². The van der Waals surface area contributed by atoms with Crippen molar-refractivity contribution in [3.8, 4) is 5.75 Å². The van der Waals surface area contributed by atoms with Crippen molar-refractivity contribution in [2.24, 2.45) is 10.2 Å². The summed E-state index contributed by atoms with van der Waals surface area (Å²) >= 11 is 3.37. The molecule has 96 valence electrons. The number of carbonyl (C=O) groups excluding carboxylic acids is 1. The van der Waals surface area contributed by atoms with E-state index in [4.69, 9.17) is 0 Å². The molecular weight excluding hydrogens is 308 g/mol. The molecule has 2 aromatic rings. The average molecular weight is 319 g/mol. The third kappa shape index (κ3) is 3.26. The van der Waals surface area contributed by atoms with Crippen LogP contribution in [0.15, 0.2) is 57.2 Å². The van der Waals surface area contributed by atoms with Crippen molar-refractivity contribution in [3.05, 3.63) is 52.5 Å². The minimum Gasteiger partial charge on any atom is -0.507 e. The summed E-state index contributed by atoms with van der Waals surface area (Å²) in [4.78, 5) is 11.3. The van der Waals surface area contributed by atoms with E-state index in [-0.39, 0.29) is 17.1 Å². The largest absolute Gasteiger partial charge is 0.507 e. The zero-order chi connectivity index (χ0) is 13.8. The number of azo groups is 1. The number of phenolic OH excluding ortho intramolecular Hbond substituents is 1. The zero-order valence-electron chi connectivity index (χ0n) is 10.2. The van der Waals surface area contributed by atoms with E-state index in [0.29, 0.717) is 11.4 Å². The minimum atomic E-state index is -0.213. The van der Waals surface area contributed by atoms with Crippen LogP contribution in [-0.2, 0) is 0 Å². The number of phenols is 1. The Morgan fingerprint density at radius 1 is 1.16 bits per heavy atom. The third-order valence-corrected chi connectivity index (χ3v) is 3.16. The Balaban J connectivity index is 2.32. The van der Waals surface area contributed by atoms with Crippen molar-refractivity contribution in [2.45, 2.75) is 6.92 Å². The molecule has 0 aromatic heterocycles. The van der Waals surface area contributed by atoms with Gasteiger partial charge >= 0.3 is 0 Å². The average Bonchev–Trinajstić information content (AvgIpc) is 2.39. The first-order valence-corrected chi connectivity index (χ1v) is 6.37. The number of hydrogen-bond acceptors (Lipinski definition) is 4. The van der Waals surface area contributed by atoms with E-state index in [2.05, 4.69) is 26.2 Å². The highest BCUT2D eigenvalue weighted by Gasteiger charge is 2.07. The van der Waals surface area contributed by atoms with Gasteiger partial charge in [-0.15, -0.1) is 5.11 Å². The number of aromatic hydroxyl groups is 1. The van der Waals surface area contributed by atoms with E-state index in [1.54, 1.807) is 6.07 Å². The lowest BCUT2D eigenvalue weighted by Crippen LogP contribution is -1.91. The summed E-state index contributed by atoms with van der Waals surface area (Å²) in [6, 6.07) is 12.0. The van der Waals surface area contributed by atoms with Crippen LogP contribution < -0.4 is 0 Å². The molecule has 5 heteroatoms. The molecule has 4 nitrogen and oxygen atoms in total. The van der Waals surface area contributed by atoms with Gasteiger partial charge in [0.2, 0.25) is 0 Å². The molecule has 2 aromatic carbocycles. The molecule has 0 fully saturated rings. The van der Waals surface area contributed by atoms with Crippen LogP contribution in [0.25, 0.3) is 0 Å². The molecule has 0 bridgehead atoms. The zero-order valence-corrected chi connectivity index (χ0v) is 11.8. The molecule has 1 N–H and O–H groups in total. The first kappa shape index (κ1) is 13.4. The summed E-state index contributed by atoms with van der Waals surface area (Å²) < 4.78 is 0.837. The SMILES string of the molecule is CC(=O)c1cc(N=Nc2ccccc2Br)ccc1O. The monoisotopic (exact) mass is 318 g/mol. The quantitative estimate of drug-likeness (QED) is 0.654. The molecular formula is C14H11BrN2O2. The Hall–Kier alpha value is -2.01. The molecule has 0 aliphatic heterocycles. The van der Waals surface area contributed by atoms with Crippen LogP contribution in [0.3, 0.4) is 0 Å². The molecule has 0 saturated heterocycles. The molecule has 19 heavy (non-hydrogen) atoms. The van der Waals surface area contributed by atoms with Crippen LogP contribution in [0.2, 0.25) is 0 Å². The maximum atomic E-state index is 11.3. The second kappa shape index (κ2) is 5.75. The van der Waals surface area contributed by atoms with Gasteiger partial charge in [-0.1, -0.05) is 12.1 Å². The molecule has 0 aliphatic rings. The molecule has 0 spiro atoms. The minimum absolute atomic E-state index is 0.0488. The summed E-state index contributed by atoms with van der Waals surface area (Å²) in [6.07, 6.45) is 0. The van der Waals surface area contributed by atoms with Gasteiger partial charge in [-0.05, 0) is 53.2 Å². The third-order valence-electron chi connectivity index (χ3n) is 2.49. The van der Waals surface area contributed by atoms with Crippen molar-refractivity contribution in [3.63, 3.8) is 0 Å². The molecule has 0 heterocycles. The van der Waals surface area contributed by atoms with Crippen LogP contribution >= 0.6 is 15.9 Å². The molecule has 0 aliphatic carbocycles. The Morgan fingerprint density at radius 3 is 2.58 bits per heavy atom. The predicted octanol–water partition coefficient (Wildman–Crippen LogP) is 4.77. The van der Waals surface area contributed by atoms with E-state index in [1.165, 1.54) is 19.1 Å². The van der Waals surface area contributed by atoms with Crippen molar-refractivity contribution >= 4 is 33.1 Å². The van der Waals surface area contributed by atoms with E-state index in [1.807, 2.05) is 24.3 Å². The number of hydrogen-bond donors (Lipinski definition) is 1. The fourth-order valence-electron chi connectivity index (χ4n) is 1.51. The standard InChI is InChI=1S/C14H11BrN2O2/c1-9(18)11-8-10(6-7-14(11)19)16-17-13-5-3-2-4-12(13)15/h2-8,19H,1H3. The van der Waals surface area contributed by atoms with Gasteiger partial charge in [0.15, 0.2) is 5.78 Å². The van der Waals surface area contributed by atoms with Gasteiger partial charge < -0.3 is 5.11 Å². The molecule has 0 amide bonds. The summed E-state index contributed by atoms with van der Waals surface area (Å²) in [5.74, 6) is -0.261. The summed E-state index contributed by atoms with van der Waals surface area (Å²) in [5.41, 5.74) is 1.45. The van der Waals surface area contributed by atoms with Crippen LogP contribution in [-0.4, -0.2) is 10.9 Å². The van der Waals surface area contributed by atoms with Gasteiger partial charge in [0, 0.05) is 4.47 Å². The van der Waals surface area contributed by atoms with Crippen LogP contribution in [0.5, 0.6) is 5.75 Å². The number of Topliss-reactive ketones (excluding diaryl/α,β-unsaturated/α-hetero) is 1. The predicted molar refractivity (Wildman–Crippen MR) is 76.4 cm³/mol. The summed E-state index contributed by atoms with van der Waals surface area (Å²) in [6.45, 7) is 1.39. The van der Waals surface area contributed by atoms with Crippen LogP contribution in [0, 0.1) is 0 Å². The highest BCUT2D eigenvalue weighted by atomic mass is 79.9. The number of rotatable bonds is 3. The first-order valence-electron chi connectivity index (χ1n) is 5.58. The second-order valence-corrected chi connectivity index (χ2v) is 4.76.